The van der Waals surface area contributed by atoms with Crippen LogP contribution in [-0.2, 0) is 20.8 Å². The number of halogens is 2. The summed E-state index contributed by atoms with van der Waals surface area (Å²) in [5, 5.41) is 8.84. The van der Waals surface area contributed by atoms with Crippen molar-refractivity contribution in [2.24, 2.45) is 0 Å². The van der Waals surface area contributed by atoms with Gasteiger partial charge < -0.3 is 14.0 Å². The van der Waals surface area contributed by atoms with Crippen LogP contribution in [0.3, 0.4) is 0 Å². The topological polar surface area (TPSA) is 98.4 Å². The molecule has 0 bridgehead atoms. The quantitative estimate of drug-likeness (QED) is 0.701. The van der Waals surface area contributed by atoms with Crippen LogP contribution in [0.5, 0.6) is 0 Å². The third-order valence-corrected chi connectivity index (χ3v) is 4.07. The molecule has 0 fully saturated rings. The number of aryl methyl sites for hydroxylation is 1. The fourth-order valence-corrected chi connectivity index (χ4v) is 2.83. The lowest BCUT2D eigenvalue weighted by atomic mass is 9.96. The molecule has 0 aliphatic rings. The van der Waals surface area contributed by atoms with Crippen LogP contribution in [0.1, 0.15) is 42.6 Å². The molecule has 1 heterocycles. The molecule has 9 heteroatoms. The normalized spacial score (nSPS) is 11.7. The molecule has 148 valence electrons. The van der Waals surface area contributed by atoms with E-state index in [1.807, 2.05) is 0 Å². The number of aromatic nitrogens is 1. The maximum atomic E-state index is 15.2. The summed E-state index contributed by atoms with van der Waals surface area (Å²) < 4.78 is 40.6. The van der Waals surface area contributed by atoms with Crippen LogP contribution in [0, 0.1) is 23.0 Å². The number of pyridine rings is 1. The predicted octanol–water partition coefficient (Wildman–Crippen LogP) is 2.65. The number of nitrogens with zero attached hydrogens (tertiary/aromatic N) is 2. The Morgan fingerprint density at radius 3 is 2.39 bits per heavy atom. The van der Waals surface area contributed by atoms with Gasteiger partial charge in [-0.05, 0) is 26.8 Å². The molecular formula is C19H18F2N2O5. The molecule has 2 rings (SSSR count). The van der Waals surface area contributed by atoms with Crippen molar-refractivity contribution in [2.45, 2.75) is 33.2 Å². The molecule has 0 radical (unpaired) electrons. The minimum absolute atomic E-state index is 0.0213. The van der Waals surface area contributed by atoms with Crippen molar-refractivity contribution >= 4 is 22.8 Å². The van der Waals surface area contributed by atoms with E-state index >= 15 is 4.39 Å². The Hall–Kier alpha value is -3.28. The molecule has 0 spiro atoms. The van der Waals surface area contributed by atoms with Gasteiger partial charge in [0.15, 0.2) is 11.7 Å². The number of ether oxygens (including phenoxy) is 2. The Morgan fingerprint density at radius 1 is 1.21 bits per heavy atom. The SMILES string of the molecule is CCOC(=O)c1cn(CC)c2c(F)c(C(C#N)C(=O)OCC)c(F)cc2c1=O. The van der Waals surface area contributed by atoms with E-state index in [0.717, 1.165) is 6.20 Å². The van der Waals surface area contributed by atoms with Crippen molar-refractivity contribution in [3.05, 3.63) is 45.2 Å². The zero-order chi connectivity index (χ0) is 21.0. The van der Waals surface area contributed by atoms with Crippen molar-refractivity contribution in [2.75, 3.05) is 13.2 Å². The van der Waals surface area contributed by atoms with Gasteiger partial charge in [0.1, 0.15) is 11.4 Å². The first-order chi connectivity index (χ1) is 13.3. The van der Waals surface area contributed by atoms with Crippen molar-refractivity contribution in [1.29, 1.82) is 5.26 Å². The van der Waals surface area contributed by atoms with Crippen LogP contribution in [0.25, 0.3) is 10.9 Å². The molecule has 1 atom stereocenters. The summed E-state index contributed by atoms with van der Waals surface area (Å²) in [6, 6.07) is 2.25. The number of rotatable bonds is 6. The highest BCUT2D eigenvalue weighted by molar-refractivity contribution is 5.94. The van der Waals surface area contributed by atoms with Crippen LogP contribution >= 0.6 is 0 Å². The molecule has 1 unspecified atom stereocenters. The van der Waals surface area contributed by atoms with E-state index in [0.29, 0.717) is 6.07 Å². The second kappa shape index (κ2) is 8.61. The summed E-state index contributed by atoms with van der Waals surface area (Å²) in [4.78, 5) is 36.5. The number of esters is 2. The van der Waals surface area contributed by atoms with Crippen molar-refractivity contribution < 1.29 is 27.8 Å². The molecule has 28 heavy (non-hydrogen) atoms. The molecule has 0 aliphatic heterocycles. The van der Waals surface area contributed by atoms with Gasteiger partial charge in [0.2, 0.25) is 5.43 Å². The number of carbonyl (C=O) groups is 2. The Kier molecular flexibility index (Phi) is 6.46. The number of nitriles is 1. The largest absolute Gasteiger partial charge is 0.465 e. The number of fused-ring (bicyclic) bond motifs is 1. The monoisotopic (exact) mass is 392 g/mol. The minimum Gasteiger partial charge on any atom is -0.465 e. The molecule has 0 N–H and O–H groups in total. The lowest BCUT2D eigenvalue weighted by Crippen LogP contribution is -2.23. The standard InChI is InChI=1S/C19H18F2N2O5/c1-4-23-9-12(19(26)28-6-3)17(24)10-7-13(20)14(15(21)16(10)23)11(8-22)18(25)27-5-2/h7,9,11H,4-6H2,1-3H3. The first-order valence-corrected chi connectivity index (χ1v) is 8.60. The van der Waals surface area contributed by atoms with Gasteiger partial charge in [-0.3, -0.25) is 9.59 Å². The summed E-state index contributed by atoms with van der Waals surface area (Å²) in [5.41, 5.74) is -2.41. The van der Waals surface area contributed by atoms with Gasteiger partial charge in [0.25, 0.3) is 0 Å². The van der Waals surface area contributed by atoms with Gasteiger partial charge in [-0.15, -0.1) is 0 Å². The average Bonchev–Trinajstić information content (AvgIpc) is 2.66. The fraction of sp³-hybridized carbons (Fsp3) is 0.368. The summed E-state index contributed by atoms with van der Waals surface area (Å²) in [6.45, 7) is 4.74. The molecule has 2 aromatic rings. The predicted molar refractivity (Wildman–Crippen MR) is 94.7 cm³/mol. The molecule has 1 aromatic carbocycles. The third-order valence-electron chi connectivity index (χ3n) is 4.07. The first kappa shape index (κ1) is 21.0. The molecule has 0 saturated carbocycles. The van der Waals surface area contributed by atoms with Gasteiger partial charge >= 0.3 is 11.9 Å². The Morgan fingerprint density at radius 2 is 1.86 bits per heavy atom. The summed E-state index contributed by atoms with van der Waals surface area (Å²) in [6.07, 6.45) is 1.11. The maximum Gasteiger partial charge on any atom is 0.343 e. The van der Waals surface area contributed by atoms with Gasteiger partial charge in [0, 0.05) is 12.7 Å². The first-order valence-electron chi connectivity index (χ1n) is 8.60. The molecule has 1 aromatic heterocycles. The number of hydrogen-bond acceptors (Lipinski definition) is 6. The maximum absolute atomic E-state index is 15.2. The van der Waals surface area contributed by atoms with E-state index in [1.165, 1.54) is 17.6 Å². The highest BCUT2D eigenvalue weighted by Crippen LogP contribution is 2.29. The second-order valence-corrected chi connectivity index (χ2v) is 5.67. The van der Waals surface area contributed by atoms with Gasteiger partial charge in [0.05, 0.1) is 35.7 Å². The lowest BCUT2D eigenvalue weighted by Gasteiger charge is -2.16. The van der Waals surface area contributed by atoms with Crippen LogP contribution in [0.4, 0.5) is 8.78 Å². The highest BCUT2D eigenvalue weighted by atomic mass is 19.1. The Labute approximate surface area is 159 Å². The number of benzene rings is 1. The van der Waals surface area contributed by atoms with E-state index in [-0.39, 0.29) is 30.8 Å². The summed E-state index contributed by atoms with van der Waals surface area (Å²) >= 11 is 0. The van der Waals surface area contributed by atoms with E-state index in [9.17, 15) is 24.0 Å². The molecular weight excluding hydrogens is 374 g/mol. The van der Waals surface area contributed by atoms with E-state index < -0.39 is 45.9 Å². The minimum atomic E-state index is -1.84. The number of hydrogen-bond donors (Lipinski definition) is 0. The Bertz CT molecular complexity index is 1040. The molecule has 0 amide bonds. The zero-order valence-corrected chi connectivity index (χ0v) is 15.5. The third kappa shape index (κ3) is 3.58. The van der Waals surface area contributed by atoms with Crippen LogP contribution in [-0.4, -0.2) is 29.7 Å². The smallest absolute Gasteiger partial charge is 0.343 e. The van der Waals surface area contributed by atoms with Crippen LogP contribution < -0.4 is 5.43 Å². The second-order valence-electron chi connectivity index (χ2n) is 5.67. The van der Waals surface area contributed by atoms with Crippen LogP contribution in [0.2, 0.25) is 0 Å². The Balaban J connectivity index is 2.86. The number of carbonyl (C=O) groups excluding carboxylic acids is 2. The highest BCUT2D eigenvalue weighted by Gasteiger charge is 2.31. The van der Waals surface area contributed by atoms with Gasteiger partial charge in [-0.1, -0.05) is 0 Å². The van der Waals surface area contributed by atoms with Gasteiger partial charge in [-0.25, -0.2) is 13.6 Å². The van der Waals surface area contributed by atoms with Gasteiger partial charge in [-0.2, -0.15) is 5.26 Å². The molecule has 0 aliphatic carbocycles. The van der Waals surface area contributed by atoms with E-state index in [4.69, 9.17) is 9.47 Å². The van der Waals surface area contributed by atoms with Crippen molar-refractivity contribution in [1.82, 2.24) is 4.57 Å². The zero-order valence-electron chi connectivity index (χ0n) is 15.5. The molecule has 0 saturated heterocycles. The average molecular weight is 392 g/mol. The summed E-state index contributed by atoms with van der Waals surface area (Å²) in [7, 11) is 0. The summed E-state index contributed by atoms with van der Waals surface area (Å²) in [5.74, 6) is -6.34. The molecule has 7 nitrogen and oxygen atoms in total. The van der Waals surface area contributed by atoms with E-state index in [2.05, 4.69) is 0 Å². The van der Waals surface area contributed by atoms with Crippen molar-refractivity contribution in [3.63, 3.8) is 0 Å². The van der Waals surface area contributed by atoms with E-state index in [1.54, 1.807) is 13.8 Å². The lowest BCUT2D eigenvalue weighted by molar-refractivity contribution is -0.143. The fourth-order valence-electron chi connectivity index (χ4n) is 2.83. The van der Waals surface area contributed by atoms with Crippen molar-refractivity contribution in [3.8, 4) is 6.07 Å². The van der Waals surface area contributed by atoms with Crippen LogP contribution in [0.15, 0.2) is 17.1 Å².